The molecule has 3 aromatic carbocycles. The Morgan fingerprint density at radius 1 is 0.833 bits per heavy atom. The van der Waals surface area contributed by atoms with Gasteiger partial charge in [-0.1, -0.05) is 113 Å². The lowest BCUT2D eigenvalue weighted by atomic mass is 9.50. The maximum Gasteiger partial charge on any atom is 0.161 e. The minimum atomic E-state index is -1.08. The molecule has 11 nitrogen and oxygen atoms in total. The van der Waals surface area contributed by atoms with Gasteiger partial charge in [0.1, 0.15) is 11.9 Å². The van der Waals surface area contributed by atoms with E-state index in [2.05, 4.69) is 102 Å². The van der Waals surface area contributed by atoms with Crippen LogP contribution < -0.4 is 15.8 Å². The van der Waals surface area contributed by atoms with Gasteiger partial charge in [-0.25, -0.2) is 0 Å². The summed E-state index contributed by atoms with van der Waals surface area (Å²) in [6.45, 7) is 2.48. The van der Waals surface area contributed by atoms with Gasteiger partial charge in [-0.2, -0.15) is 0 Å². The number of phenols is 1. The summed E-state index contributed by atoms with van der Waals surface area (Å²) in [6, 6.07) is 27.4. The lowest BCUT2D eigenvalue weighted by Gasteiger charge is -2.54. The van der Waals surface area contributed by atoms with E-state index in [1.165, 1.54) is 16.7 Å². The number of ether oxygens (including phenoxy) is 1. The number of aliphatic hydroxyl groups is 6. The van der Waals surface area contributed by atoms with E-state index in [0.29, 0.717) is 75.2 Å². The zero-order valence-corrected chi connectivity index (χ0v) is 46.7. The molecule has 7 aliphatic rings. The van der Waals surface area contributed by atoms with Crippen LogP contribution >= 0.6 is 21.6 Å². The first kappa shape index (κ1) is 55.3. The number of nitrogens with two attached hydrogens (primary N) is 1. The zero-order valence-electron chi connectivity index (χ0n) is 45.1. The Labute approximate surface area is 469 Å². The Morgan fingerprint density at radius 2 is 1.65 bits per heavy atom. The lowest BCUT2D eigenvalue weighted by molar-refractivity contribution is -0.0489. The minimum absolute atomic E-state index is 0.0289. The van der Waals surface area contributed by atoms with E-state index in [0.717, 1.165) is 65.6 Å². The fraction of sp³-hybridized carbons (Fsp3) is 0.538. The largest absolute Gasteiger partial charge is 0.504 e. The Balaban J connectivity index is 0.974. The third-order valence-electron chi connectivity index (χ3n) is 19.6. The van der Waals surface area contributed by atoms with Gasteiger partial charge >= 0.3 is 0 Å². The third kappa shape index (κ3) is 11.2. The van der Waals surface area contributed by atoms with Gasteiger partial charge in [0.2, 0.25) is 0 Å². The van der Waals surface area contributed by atoms with Gasteiger partial charge in [-0.3, -0.25) is 0 Å². The number of aromatic hydroxyl groups is 1. The summed E-state index contributed by atoms with van der Waals surface area (Å²) in [5, 5.41) is 87.3. The molecule has 0 bridgehead atoms. The standard InChI is InChI=1S/C65H81N3O8S2/c1-2-38-24-43-28-58(73)60(76-61-29-44(25-46-15-9-22-67-46)48-20-23-68-64(66)55(48)37-78-77-36-45(34-69)63(61)75)31-51(43)53-30-59(74)62-42(27-50(38)53)19-21-65(32-47(71)17-18-57(62)72)33-54(40-11-4-3-5-12-40)52-26-41-13-7-6-10-39(41)14-8-16-49(52)56(65)35-70/h3-7,9-13,15,20,22,27-28,31,38,42,44-45,47,49,52-54,56-57,59,61-63,67-75H,2,8,14,16-18,23-26,29-30,32-37,66H2,1H3/t38-,42+,44+,45+,47-,49-,52-,53-,54+,56+,57+,59-,61-,62-,63-,65-/m1/s1. The number of aromatic amines is 1. The second-order valence-corrected chi connectivity index (χ2v) is 26.5. The van der Waals surface area contributed by atoms with Crippen LogP contribution in [0.4, 0.5) is 0 Å². The maximum absolute atomic E-state index is 12.7. The number of allylic oxidation sites excluding steroid dienone is 3. The van der Waals surface area contributed by atoms with Crippen molar-refractivity contribution in [2.45, 2.75) is 133 Å². The van der Waals surface area contributed by atoms with Gasteiger partial charge in [-0.15, -0.1) is 0 Å². The molecule has 3 heterocycles. The minimum Gasteiger partial charge on any atom is -0.504 e. The lowest BCUT2D eigenvalue weighted by Crippen LogP contribution is -2.50. The molecule has 4 aromatic rings. The molecule has 1 saturated carbocycles. The van der Waals surface area contributed by atoms with Crippen LogP contribution in [0.3, 0.4) is 0 Å². The summed E-state index contributed by atoms with van der Waals surface area (Å²) in [7, 11) is 3.25. The number of H-pyrrole nitrogens is 1. The van der Waals surface area contributed by atoms with Crippen molar-refractivity contribution in [3.63, 3.8) is 0 Å². The number of aromatic nitrogens is 1. The van der Waals surface area contributed by atoms with Crippen LogP contribution in [0.5, 0.6) is 11.5 Å². The Hall–Kier alpha value is -4.62. The van der Waals surface area contributed by atoms with Crippen molar-refractivity contribution in [2.75, 3.05) is 31.3 Å². The molecule has 5 aliphatic carbocycles. The van der Waals surface area contributed by atoms with E-state index in [1.54, 1.807) is 21.6 Å². The molecule has 0 radical (unpaired) electrons. The average molecular weight is 1100 g/mol. The first-order valence-electron chi connectivity index (χ1n) is 29.1. The highest BCUT2D eigenvalue weighted by molar-refractivity contribution is 8.76. The Kier molecular flexibility index (Phi) is 17.2. The number of hydrogen-bond donors (Lipinski definition) is 10. The van der Waals surface area contributed by atoms with Crippen molar-refractivity contribution >= 4 is 21.6 Å². The molecule has 11 N–H and O–H groups in total. The highest BCUT2D eigenvalue weighted by Crippen LogP contribution is 2.59. The molecule has 1 saturated heterocycles. The fourth-order valence-corrected chi connectivity index (χ4v) is 18.2. The van der Waals surface area contributed by atoms with E-state index in [1.807, 2.05) is 24.4 Å². The third-order valence-corrected chi connectivity index (χ3v) is 22.0. The highest BCUT2D eigenvalue weighted by atomic mass is 33.1. The summed E-state index contributed by atoms with van der Waals surface area (Å²) in [5.41, 5.74) is 16.2. The molecule has 16 atom stereocenters. The predicted molar refractivity (Wildman–Crippen MR) is 310 cm³/mol. The van der Waals surface area contributed by atoms with Crippen LogP contribution in [-0.4, -0.2) is 103 Å². The van der Waals surface area contributed by atoms with Crippen LogP contribution in [0.1, 0.15) is 110 Å². The van der Waals surface area contributed by atoms with Gasteiger partial charge in [0.15, 0.2) is 11.5 Å². The molecule has 13 heteroatoms. The molecule has 2 fully saturated rings. The summed E-state index contributed by atoms with van der Waals surface area (Å²) >= 11 is 0. The van der Waals surface area contributed by atoms with Crippen LogP contribution in [0, 0.1) is 64.6 Å². The first-order chi connectivity index (χ1) is 37.9. The van der Waals surface area contributed by atoms with Gasteiger partial charge < -0.3 is 56.5 Å². The van der Waals surface area contributed by atoms with Gasteiger partial charge in [0, 0.05) is 83.7 Å². The van der Waals surface area contributed by atoms with Crippen LogP contribution in [-0.2, 0) is 25.7 Å². The summed E-state index contributed by atoms with van der Waals surface area (Å²) in [5.74, 6) is 8.12. The Morgan fingerprint density at radius 3 is 2.44 bits per heavy atom. The van der Waals surface area contributed by atoms with Crippen LogP contribution in [0.15, 0.2) is 120 Å². The van der Waals surface area contributed by atoms with E-state index >= 15 is 0 Å². The molecule has 1 spiro atoms. The fourth-order valence-electron chi connectivity index (χ4n) is 15.7. The number of benzene rings is 3. The highest BCUT2D eigenvalue weighted by Gasteiger charge is 2.54. The normalized spacial score (nSPS) is 35.2. The topological polar surface area (TPSA) is 205 Å². The van der Waals surface area contributed by atoms with Gasteiger partial charge in [0.05, 0.1) is 24.4 Å². The van der Waals surface area contributed by atoms with E-state index < -0.39 is 53.7 Å². The number of fused-ring (bicyclic) bond motifs is 7. The summed E-state index contributed by atoms with van der Waals surface area (Å²) in [6.07, 6.45) is 10.2. The van der Waals surface area contributed by atoms with Crippen molar-refractivity contribution in [2.24, 2.45) is 58.5 Å². The molecule has 78 heavy (non-hydrogen) atoms. The quantitative estimate of drug-likeness (QED) is 0.0457. The van der Waals surface area contributed by atoms with Crippen LogP contribution in [0.25, 0.3) is 0 Å². The van der Waals surface area contributed by atoms with Crippen molar-refractivity contribution in [3.05, 3.63) is 153 Å². The van der Waals surface area contributed by atoms with E-state index in [-0.39, 0.29) is 66.1 Å². The molecule has 0 amide bonds. The molecule has 0 unspecified atom stereocenters. The zero-order chi connectivity index (χ0) is 54.1. The van der Waals surface area contributed by atoms with Gasteiger partial charge in [0.25, 0.3) is 0 Å². The number of nitrogens with one attached hydrogen (secondary N) is 2. The van der Waals surface area contributed by atoms with E-state index in [4.69, 9.17) is 10.5 Å². The molecule has 416 valence electrons. The molecule has 2 aliphatic heterocycles. The van der Waals surface area contributed by atoms with Crippen molar-refractivity contribution in [1.82, 2.24) is 10.3 Å². The smallest absolute Gasteiger partial charge is 0.161 e. The van der Waals surface area contributed by atoms with Crippen molar-refractivity contribution in [1.29, 1.82) is 0 Å². The van der Waals surface area contributed by atoms with Crippen molar-refractivity contribution in [3.8, 4) is 23.3 Å². The van der Waals surface area contributed by atoms with Crippen molar-refractivity contribution < 1.29 is 40.5 Å². The number of dihydropyridines is 1. The number of aryl methyl sites for hydroxylation is 1. The molecular formula is C65H81N3O8S2. The number of aliphatic hydroxyl groups excluding tert-OH is 6. The summed E-state index contributed by atoms with van der Waals surface area (Å²) in [4.78, 5) is 3.38. The van der Waals surface area contributed by atoms with Gasteiger partial charge in [-0.05, 0) is 171 Å². The predicted octanol–water partition coefficient (Wildman–Crippen LogP) is 8.87. The molecular weight excluding hydrogens is 1010 g/mol. The summed E-state index contributed by atoms with van der Waals surface area (Å²) < 4.78 is 6.98. The van der Waals surface area contributed by atoms with E-state index in [9.17, 15) is 35.7 Å². The SMILES string of the molecule is CC[C@@H]1Cc2cc(O)c(O[C@@H]3C[C@H](Cc4ccc[nH]4)C4=CCNC(N)=C4CSSC[C@H](CO)[C@H]3O)cc2[C@@H]2C[C@@H](O)[C@@H]3[C@@H](C#C[C@@]4(C[C@H](O)CC[C@@H]3O)C[C@@H](c3ccccc3)[C@@H]3Cc5ccccc5CCC[C@H]3[C@@H]4CO)C=C12. The average Bonchev–Trinajstić information content (AvgIpc) is 3.91. The first-order valence-corrected chi connectivity index (χ1v) is 31.6. The Bertz CT molecular complexity index is 2880. The van der Waals surface area contributed by atoms with Crippen LogP contribution in [0.2, 0.25) is 0 Å². The maximum atomic E-state index is 12.7. The monoisotopic (exact) mass is 1100 g/mol. The molecule has 11 rings (SSSR count). The molecule has 1 aromatic heterocycles. The number of phenolic OH excluding ortho intramolecular Hbond substituents is 1. The second-order valence-electron chi connectivity index (χ2n) is 24.0. The second kappa shape index (κ2) is 24.2. The number of rotatable bonds is 8. The number of hydrogen-bond acceptors (Lipinski definition) is 12.